The lowest BCUT2D eigenvalue weighted by molar-refractivity contribution is -0.674. The third kappa shape index (κ3) is 5.01. The van der Waals surface area contributed by atoms with Crippen molar-refractivity contribution in [3.8, 4) is 45.1 Å². The number of hydrogen-bond acceptors (Lipinski definition) is 2. The molecule has 0 aliphatic rings. The molecule has 0 aliphatic carbocycles. The first-order chi connectivity index (χ1) is 17.8. The molecule has 0 radical (unpaired) electrons. The fraction of sp³-hybridized carbons (Fsp3) is 0.121. The van der Waals surface area contributed by atoms with Crippen LogP contribution in [-0.2, 0) is 13.0 Å². The minimum atomic E-state index is 0.746. The Hall–Kier alpha value is -4.37. The van der Waals surface area contributed by atoms with E-state index in [0.29, 0.717) is 0 Å². The second-order valence-corrected chi connectivity index (χ2v) is 8.70. The Morgan fingerprint density at radius 2 is 1.00 bits per heavy atom. The van der Waals surface area contributed by atoms with Crippen LogP contribution in [0, 0.1) is 0 Å². The summed E-state index contributed by atoms with van der Waals surface area (Å²) in [4.78, 5) is 0. The predicted octanol–water partition coefficient (Wildman–Crippen LogP) is 7.24. The Balaban J connectivity index is 1.66. The lowest BCUT2D eigenvalue weighted by Gasteiger charge is -2.14. The summed E-state index contributed by atoms with van der Waals surface area (Å²) in [6, 6.07) is 42.7. The van der Waals surface area contributed by atoms with E-state index in [2.05, 4.69) is 120 Å². The van der Waals surface area contributed by atoms with Crippen LogP contribution in [0.1, 0.15) is 5.56 Å². The molecule has 0 unspecified atom stereocenters. The van der Waals surface area contributed by atoms with Gasteiger partial charge in [-0.15, -0.1) is 0 Å². The number of rotatable bonds is 8. The van der Waals surface area contributed by atoms with E-state index >= 15 is 0 Å². The van der Waals surface area contributed by atoms with Crippen LogP contribution in [0.5, 0.6) is 11.5 Å². The van der Waals surface area contributed by atoms with Gasteiger partial charge in [-0.3, -0.25) is 0 Å². The molecule has 4 aromatic carbocycles. The molecule has 0 N–H and O–H groups in total. The molecule has 0 spiro atoms. The Bertz CT molecular complexity index is 1370. The lowest BCUT2D eigenvalue weighted by atomic mass is 9.98. The summed E-state index contributed by atoms with van der Waals surface area (Å²) in [6.07, 6.45) is 0.857. The highest BCUT2D eigenvalue weighted by Crippen LogP contribution is 2.30. The predicted molar refractivity (Wildman–Crippen MR) is 146 cm³/mol. The molecule has 0 amide bonds. The van der Waals surface area contributed by atoms with Gasteiger partial charge in [-0.05, 0) is 53.1 Å². The van der Waals surface area contributed by atoms with Gasteiger partial charge in [-0.2, -0.15) is 4.57 Å². The molecule has 0 saturated heterocycles. The molecular formula is C33H30NO2+. The number of nitrogens with zero attached hydrogens (tertiary/aromatic N) is 1. The van der Waals surface area contributed by atoms with Gasteiger partial charge >= 0.3 is 0 Å². The summed E-state index contributed by atoms with van der Waals surface area (Å²) in [5, 5.41) is 0. The van der Waals surface area contributed by atoms with Crippen molar-refractivity contribution in [3.63, 3.8) is 0 Å². The Labute approximate surface area is 213 Å². The van der Waals surface area contributed by atoms with Crippen LogP contribution in [0.25, 0.3) is 33.6 Å². The van der Waals surface area contributed by atoms with Crippen molar-refractivity contribution >= 4 is 0 Å². The minimum absolute atomic E-state index is 0.746. The molecule has 0 saturated carbocycles. The van der Waals surface area contributed by atoms with Gasteiger partial charge in [0.2, 0.25) is 11.4 Å². The van der Waals surface area contributed by atoms with Gasteiger partial charge in [0.1, 0.15) is 0 Å². The first kappa shape index (κ1) is 23.4. The van der Waals surface area contributed by atoms with Crippen molar-refractivity contribution in [2.45, 2.75) is 13.0 Å². The zero-order valence-electron chi connectivity index (χ0n) is 20.7. The highest BCUT2D eigenvalue weighted by Gasteiger charge is 2.22. The zero-order chi connectivity index (χ0) is 24.7. The topological polar surface area (TPSA) is 22.3 Å². The van der Waals surface area contributed by atoms with E-state index in [1.165, 1.54) is 39.2 Å². The van der Waals surface area contributed by atoms with Crippen LogP contribution < -0.4 is 14.0 Å². The van der Waals surface area contributed by atoms with Gasteiger partial charge in [0.05, 0.1) is 14.2 Å². The standard InChI is InChI=1S/C33H30NO2/c1-35-32-19-18-25(22-33(32)36-2)20-21-34-30(27-14-8-4-9-15-27)23-29(26-12-6-3-7-13-26)24-31(34)28-16-10-5-11-17-28/h3-19,22-24H,20-21H2,1-2H3/q+1. The molecular weight excluding hydrogens is 442 g/mol. The number of aromatic nitrogens is 1. The van der Waals surface area contributed by atoms with Gasteiger partial charge in [-0.1, -0.05) is 72.8 Å². The van der Waals surface area contributed by atoms with Crippen LogP contribution in [0.4, 0.5) is 0 Å². The van der Waals surface area contributed by atoms with E-state index in [4.69, 9.17) is 9.47 Å². The first-order valence-electron chi connectivity index (χ1n) is 12.2. The third-order valence-corrected chi connectivity index (χ3v) is 6.48. The van der Waals surface area contributed by atoms with Crippen LogP contribution in [-0.4, -0.2) is 14.2 Å². The average Bonchev–Trinajstić information content (AvgIpc) is 2.97. The van der Waals surface area contributed by atoms with Gasteiger partial charge in [0.25, 0.3) is 0 Å². The molecule has 36 heavy (non-hydrogen) atoms. The molecule has 3 heteroatoms. The number of hydrogen-bond donors (Lipinski definition) is 0. The van der Waals surface area contributed by atoms with Crippen LogP contribution in [0.2, 0.25) is 0 Å². The van der Waals surface area contributed by atoms with Crippen molar-refractivity contribution in [1.29, 1.82) is 0 Å². The lowest BCUT2D eigenvalue weighted by Crippen LogP contribution is -2.40. The van der Waals surface area contributed by atoms with E-state index in [0.717, 1.165) is 24.5 Å². The molecule has 0 bridgehead atoms. The average molecular weight is 473 g/mol. The number of pyridine rings is 1. The fourth-order valence-electron chi connectivity index (χ4n) is 4.63. The van der Waals surface area contributed by atoms with Gasteiger partial charge in [-0.25, -0.2) is 0 Å². The smallest absolute Gasteiger partial charge is 0.213 e. The summed E-state index contributed by atoms with van der Waals surface area (Å²) in [6.45, 7) is 0.818. The summed E-state index contributed by atoms with van der Waals surface area (Å²) >= 11 is 0. The molecule has 178 valence electrons. The third-order valence-electron chi connectivity index (χ3n) is 6.48. The van der Waals surface area contributed by atoms with Crippen LogP contribution in [0.15, 0.2) is 121 Å². The van der Waals surface area contributed by atoms with Crippen LogP contribution in [0.3, 0.4) is 0 Å². The van der Waals surface area contributed by atoms with E-state index in [1.54, 1.807) is 14.2 Å². The summed E-state index contributed by atoms with van der Waals surface area (Å²) in [5.41, 5.74) is 8.38. The maximum atomic E-state index is 5.55. The SMILES string of the molecule is COc1ccc(CC[n+]2c(-c3ccccc3)cc(-c3ccccc3)cc2-c2ccccc2)cc1OC. The molecule has 3 nitrogen and oxygen atoms in total. The monoisotopic (exact) mass is 472 g/mol. The normalized spacial score (nSPS) is 10.7. The quantitative estimate of drug-likeness (QED) is 0.222. The van der Waals surface area contributed by atoms with E-state index in [9.17, 15) is 0 Å². The highest BCUT2D eigenvalue weighted by molar-refractivity contribution is 5.73. The molecule has 0 atom stereocenters. The molecule has 1 aromatic heterocycles. The van der Waals surface area contributed by atoms with Crippen molar-refractivity contribution in [1.82, 2.24) is 0 Å². The van der Waals surface area contributed by atoms with E-state index < -0.39 is 0 Å². The van der Waals surface area contributed by atoms with Gasteiger partial charge in [0.15, 0.2) is 18.0 Å². The molecule has 5 aromatic rings. The first-order valence-corrected chi connectivity index (χ1v) is 12.2. The number of benzene rings is 4. The van der Waals surface area contributed by atoms with E-state index in [1.807, 2.05) is 6.07 Å². The summed E-state index contributed by atoms with van der Waals surface area (Å²) in [5.74, 6) is 1.50. The van der Waals surface area contributed by atoms with Crippen LogP contribution >= 0.6 is 0 Å². The number of ether oxygens (including phenoxy) is 2. The van der Waals surface area contributed by atoms with Gasteiger partial charge < -0.3 is 9.47 Å². The maximum absolute atomic E-state index is 5.55. The fourth-order valence-corrected chi connectivity index (χ4v) is 4.63. The molecule has 5 rings (SSSR count). The summed E-state index contributed by atoms with van der Waals surface area (Å²) in [7, 11) is 3.35. The molecule has 1 heterocycles. The van der Waals surface area contributed by atoms with Crippen molar-refractivity contribution < 1.29 is 14.0 Å². The maximum Gasteiger partial charge on any atom is 0.213 e. The number of aryl methyl sites for hydroxylation is 1. The molecule has 0 fully saturated rings. The zero-order valence-corrected chi connectivity index (χ0v) is 20.7. The van der Waals surface area contributed by atoms with E-state index in [-0.39, 0.29) is 0 Å². The second kappa shape index (κ2) is 10.9. The Morgan fingerprint density at radius 3 is 1.50 bits per heavy atom. The second-order valence-electron chi connectivity index (χ2n) is 8.70. The van der Waals surface area contributed by atoms with Crippen molar-refractivity contribution in [2.24, 2.45) is 0 Å². The highest BCUT2D eigenvalue weighted by atomic mass is 16.5. The molecule has 0 aliphatic heterocycles. The van der Waals surface area contributed by atoms with Crippen molar-refractivity contribution in [2.75, 3.05) is 14.2 Å². The number of methoxy groups -OCH3 is 2. The van der Waals surface area contributed by atoms with Gasteiger partial charge in [0, 0.05) is 29.7 Å². The largest absolute Gasteiger partial charge is 0.493 e. The van der Waals surface area contributed by atoms with Crippen molar-refractivity contribution in [3.05, 3.63) is 127 Å². The Kier molecular flexibility index (Phi) is 7.09. The minimum Gasteiger partial charge on any atom is -0.493 e. The Morgan fingerprint density at radius 1 is 0.500 bits per heavy atom. The summed E-state index contributed by atoms with van der Waals surface area (Å²) < 4.78 is 13.4.